The molecule has 0 aliphatic carbocycles. The van der Waals surface area contributed by atoms with Gasteiger partial charge in [0.25, 0.3) is 15.6 Å². The van der Waals surface area contributed by atoms with Gasteiger partial charge in [-0.3, -0.25) is 23.1 Å². The van der Waals surface area contributed by atoms with Crippen LogP contribution >= 0.6 is 0 Å². The van der Waals surface area contributed by atoms with Gasteiger partial charge in [0, 0.05) is 19.8 Å². The molecule has 1 aliphatic heterocycles. The van der Waals surface area contributed by atoms with Gasteiger partial charge in [0.05, 0.1) is 17.6 Å². The van der Waals surface area contributed by atoms with Crippen LogP contribution in [0.3, 0.4) is 0 Å². The van der Waals surface area contributed by atoms with E-state index in [1.165, 1.54) is 34.4 Å². The molecule has 13 heteroatoms. The van der Waals surface area contributed by atoms with E-state index in [1.54, 1.807) is 18.3 Å². The molecule has 0 saturated carbocycles. The van der Waals surface area contributed by atoms with Gasteiger partial charge < -0.3 is 5.32 Å². The number of hydrogen-bond acceptors (Lipinski definition) is 7. The number of aryl methyl sites for hydroxylation is 1. The minimum Gasteiger partial charge on any atom is -0.339 e. The summed E-state index contributed by atoms with van der Waals surface area (Å²) in [6, 6.07) is 7.24. The van der Waals surface area contributed by atoms with Crippen molar-refractivity contribution in [1.29, 1.82) is 0 Å². The summed E-state index contributed by atoms with van der Waals surface area (Å²) < 4.78 is 56.0. The van der Waals surface area contributed by atoms with Crippen molar-refractivity contribution in [2.24, 2.45) is 5.92 Å². The van der Waals surface area contributed by atoms with Gasteiger partial charge in [-0.2, -0.15) is 0 Å². The van der Waals surface area contributed by atoms with Crippen LogP contribution in [-0.4, -0.2) is 39.3 Å². The summed E-state index contributed by atoms with van der Waals surface area (Å²) in [6.07, 6.45) is 3.29. The fraction of sp³-hybridized carbons (Fsp3) is 0.333. The molecule has 0 atom stereocenters. The van der Waals surface area contributed by atoms with E-state index in [2.05, 4.69) is 10.0 Å². The van der Waals surface area contributed by atoms with Crippen LogP contribution in [-0.2, 0) is 26.6 Å². The molecule has 2 aromatic heterocycles. The highest BCUT2D eigenvalue weighted by Crippen LogP contribution is 2.31. The van der Waals surface area contributed by atoms with E-state index >= 15 is 0 Å². The number of nitrogens with zero attached hydrogens (tertiary/aromatic N) is 3. The second-order valence-corrected chi connectivity index (χ2v) is 12.2. The molecule has 0 radical (unpaired) electrons. The summed E-state index contributed by atoms with van der Waals surface area (Å²) in [5.74, 6) is 0.0618. The van der Waals surface area contributed by atoms with Gasteiger partial charge >= 0.3 is 0 Å². The van der Waals surface area contributed by atoms with E-state index < -0.39 is 31.0 Å². The zero-order chi connectivity index (χ0) is 25.0. The van der Waals surface area contributed by atoms with Crippen LogP contribution in [0.25, 0.3) is 11.3 Å². The number of anilines is 2. The monoisotopic (exact) mass is 507 g/mol. The van der Waals surface area contributed by atoms with Crippen LogP contribution in [0.15, 0.2) is 51.0 Å². The summed E-state index contributed by atoms with van der Waals surface area (Å²) in [5, 5.41) is 2.52. The molecule has 3 heterocycles. The van der Waals surface area contributed by atoms with Crippen molar-refractivity contribution in [3.63, 3.8) is 0 Å². The van der Waals surface area contributed by atoms with Crippen LogP contribution in [0.2, 0.25) is 0 Å². The Morgan fingerprint density at radius 3 is 2.50 bits per heavy atom. The second kappa shape index (κ2) is 8.17. The molecule has 34 heavy (non-hydrogen) atoms. The predicted molar refractivity (Wildman–Crippen MR) is 130 cm³/mol. The zero-order valence-electron chi connectivity index (χ0n) is 19.1. The first kappa shape index (κ1) is 23.8. The molecule has 0 saturated heterocycles. The Hall–Kier alpha value is -3.32. The van der Waals surface area contributed by atoms with Crippen molar-refractivity contribution in [2.75, 3.05) is 22.9 Å². The molecule has 0 spiro atoms. The molecule has 182 valence electrons. The lowest BCUT2D eigenvalue weighted by Gasteiger charge is -2.25. The first-order chi connectivity index (χ1) is 15.8. The fourth-order valence-corrected chi connectivity index (χ4v) is 5.42. The molecular weight excluding hydrogens is 482 g/mol. The van der Waals surface area contributed by atoms with E-state index in [-0.39, 0.29) is 32.8 Å². The molecule has 3 aromatic rings. The molecule has 0 unspecified atom stereocenters. The van der Waals surface area contributed by atoms with Crippen LogP contribution in [0, 0.1) is 5.92 Å². The number of benzene rings is 1. The number of aromatic nitrogens is 2. The lowest BCUT2D eigenvalue weighted by atomic mass is 10.1. The van der Waals surface area contributed by atoms with Crippen molar-refractivity contribution in [2.45, 2.75) is 31.7 Å². The van der Waals surface area contributed by atoms with Crippen molar-refractivity contribution in [3.8, 4) is 0 Å². The van der Waals surface area contributed by atoms with E-state index in [0.717, 1.165) is 10.6 Å². The lowest BCUT2D eigenvalue weighted by molar-refractivity contribution is 0.455. The maximum Gasteiger partial charge on any atom is 0.280 e. The van der Waals surface area contributed by atoms with Crippen LogP contribution in [0.1, 0.15) is 20.3 Å². The Kier molecular flexibility index (Phi) is 5.72. The number of sulfonamides is 2. The van der Waals surface area contributed by atoms with Crippen molar-refractivity contribution >= 4 is 42.8 Å². The van der Waals surface area contributed by atoms with Gasteiger partial charge in [0.15, 0.2) is 0 Å². The Balaban J connectivity index is 1.95. The summed E-state index contributed by atoms with van der Waals surface area (Å²) in [7, 11) is -6.52. The van der Waals surface area contributed by atoms with Gasteiger partial charge in [-0.05, 0) is 42.7 Å². The Morgan fingerprint density at radius 2 is 1.85 bits per heavy atom. The molecule has 11 nitrogen and oxygen atoms in total. The summed E-state index contributed by atoms with van der Waals surface area (Å²) in [4.78, 5) is 26.3. The molecule has 0 bridgehead atoms. The zero-order valence-corrected chi connectivity index (χ0v) is 20.7. The fourth-order valence-electron chi connectivity index (χ4n) is 3.71. The van der Waals surface area contributed by atoms with Gasteiger partial charge in [-0.15, -0.1) is 0 Å². The third-order valence-electron chi connectivity index (χ3n) is 5.68. The number of hydrogen-bond donors (Lipinski definition) is 2. The van der Waals surface area contributed by atoms with Gasteiger partial charge in [0.1, 0.15) is 21.5 Å². The number of nitrogens with one attached hydrogen (secondary N) is 2. The van der Waals surface area contributed by atoms with Crippen LogP contribution in [0.4, 0.5) is 11.4 Å². The van der Waals surface area contributed by atoms with Gasteiger partial charge in [-0.1, -0.05) is 13.8 Å². The quantitative estimate of drug-likeness (QED) is 0.499. The standard InChI is InChI=1S/C21H25N5O6S2/c1-13(2)9-11-26-21(28)18(19(27)16-6-5-10-25(16)26)20-22-15-8-7-14(24(3)33(4,29)30)12-17(15)34(31,32)23-20/h5-8,10,12-13,22-23H,9,11H2,1-4H3. The van der Waals surface area contributed by atoms with Crippen molar-refractivity contribution in [3.05, 3.63) is 62.3 Å². The molecule has 2 N–H and O–H groups in total. The van der Waals surface area contributed by atoms with Crippen molar-refractivity contribution in [1.82, 2.24) is 13.9 Å². The van der Waals surface area contributed by atoms with Crippen LogP contribution < -0.4 is 30.6 Å². The van der Waals surface area contributed by atoms with E-state index in [0.29, 0.717) is 18.9 Å². The Morgan fingerprint density at radius 1 is 1.15 bits per heavy atom. The SMILES string of the molecule is CC(C)CCn1c(=O)c(=C2Nc3ccc(N(C)S(C)(=O)=O)cc3S(=O)(=O)N2)c(=O)c2cccn21. The first-order valence-electron chi connectivity index (χ1n) is 10.5. The normalized spacial score (nSPS) is 16.7. The molecule has 4 rings (SSSR count). The highest BCUT2D eigenvalue weighted by Gasteiger charge is 2.29. The van der Waals surface area contributed by atoms with Crippen LogP contribution in [0.5, 0.6) is 0 Å². The highest BCUT2D eigenvalue weighted by molar-refractivity contribution is 7.92. The Labute approximate surface area is 196 Å². The average molecular weight is 508 g/mol. The summed E-state index contributed by atoms with van der Waals surface area (Å²) in [5.41, 5.74) is -0.744. The molecular formula is C21H25N5O6S2. The van der Waals surface area contributed by atoms with Gasteiger partial charge in [-0.25, -0.2) is 21.5 Å². The average Bonchev–Trinajstić information content (AvgIpc) is 3.22. The molecule has 1 aromatic carbocycles. The number of fused-ring (bicyclic) bond motifs is 2. The maximum atomic E-state index is 13.4. The van der Waals surface area contributed by atoms with Gasteiger partial charge in [0.2, 0.25) is 15.5 Å². The maximum absolute atomic E-state index is 13.4. The topological polar surface area (TPSA) is 139 Å². The third kappa shape index (κ3) is 4.05. The first-order valence-corrected chi connectivity index (χ1v) is 13.8. The predicted octanol–water partition coefficient (Wildman–Crippen LogP) is 0.0917. The summed E-state index contributed by atoms with van der Waals surface area (Å²) >= 11 is 0. The molecule has 0 fully saturated rings. The smallest absolute Gasteiger partial charge is 0.280 e. The highest BCUT2D eigenvalue weighted by atomic mass is 32.2. The second-order valence-electron chi connectivity index (χ2n) is 8.57. The minimum atomic E-state index is -4.22. The third-order valence-corrected chi connectivity index (χ3v) is 8.27. The summed E-state index contributed by atoms with van der Waals surface area (Å²) in [6.45, 7) is 4.37. The molecule has 0 amide bonds. The Bertz CT molecular complexity index is 1690. The van der Waals surface area contributed by atoms with E-state index in [9.17, 15) is 26.4 Å². The molecule has 1 aliphatic rings. The minimum absolute atomic E-state index is 0.113. The van der Waals surface area contributed by atoms with E-state index in [4.69, 9.17) is 0 Å². The van der Waals surface area contributed by atoms with E-state index in [1.807, 2.05) is 13.8 Å². The lowest BCUT2D eigenvalue weighted by Crippen LogP contribution is -2.52. The largest absolute Gasteiger partial charge is 0.339 e. The van der Waals surface area contributed by atoms with Crippen molar-refractivity contribution < 1.29 is 16.8 Å². The number of rotatable bonds is 5.